The number of rotatable bonds is 4. The van der Waals surface area contributed by atoms with Gasteiger partial charge in [-0.15, -0.1) is 0 Å². The Balaban J connectivity index is 1.87. The van der Waals surface area contributed by atoms with E-state index in [1.54, 1.807) is 6.07 Å². The number of aryl methyl sites for hydroxylation is 1. The van der Waals surface area contributed by atoms with Gasteiger partial charge in [-0.25, -0.2) is 8.42 Å². The van der Waals surface area contributed by atoms with Crippen LogP contribution in [0.1, 0.15) is 19.0 Å². The Bertz CT molecular complexity index is 552. The lowest BCUT2D eigenvalue weighted by Crippen LogP contribution is -2.46. The molecule has 1 amide bonds. The third-order valence-electron chi connectivity index (χ3n) is 3.01. The minimum absolute atomic E-state index is 0.0151. The highest BCUT2D eigenvalue weighted by molar-refractivity contribution is 7.91. The molecule has 3 N–H and O–H groups in total. The molecule has 1 aliphatic rings. The Morgan fingerprint density at radius 3 is 3.00 bits per heavy atom. The van der Waals surface area contributed by atoms with Gasteiger partial charge < -0.3 is 10.6 Å². The van der Waals surface area contributed by atoms with Crippen LogP contribution in [0.5, 0.6) is 0 Å². The lowest BCUT2D eigenvalue weighted by Gasteiger charge is -2.22. The molecule has 0 saturated carbocycles. The van der Waals surface area contributed by atoms with Crippen LogP contribution >= 0.6 is 0 Å². The monoisotopic (exact) mass is 286 g/mol. The minimum atomic E-state index is -3.01. The molecule has 0 bridgehead atoms. The first-order valence-corrected chi connectivity index (χ1v) is 8.08. The lowest BCUT2D eigenvalue weighted by atomic mass is 10.2. The van der Waals surface area contributed by atoms with Gasteiger partial charge in [-0.1, -0.05) is 6.92 Å². The Morgan fingerprint density at radius 1 is 1.58 bits per heavy atom. The third-order valence-corrected chi connectivity index (χ3v) is 4.75. The van der Waals surface area contributed by atoms with Crippen LogP contribution in [-0.2, 0) is 21.1 Å². The van der Waals surface area contributed by atoms with Crippen molar-refractivity contribution in [3.63, 3.8) is 0 Å². The second kappa shape index (κ2) is 5.70. The van der Waals surface area contributed by atoms with Crippen molar-refractivity contribution in [1.29, 1.82) is 0 Å². The van der Waals surface area contributed by atoms with Crippen LogP contribution < -0.4 is 10.6 Å². The predicted molar refractivity (Wildman–Crippen MR) is 71.7 cm³/mol. The maximum Gasteiger partial charge on any atom is 0.227 e. The summed E-state index contributed by atoms with van der Waals surface area (Å²) in [6, 6.07) is 1.45. The first-order chi connectivity index (χ1) is 8.98. The van der Waals surface area contributed by atoms with E-state index < -0.39 is 9.84 Å². The Labute approximate surface area is 112 Å². The van der Waals surface area contributed by atoms with Gasteiger partial charge in [0.2, 0.25) is 5.91 Å². The second-order valence-corrected chi connectivity index (χ2v) is 6.88. The molecule has 8 heteroatoms. The molecule has 1 aromatic rings. The third kappa shape index (κ3) is 4.03. The van der Waals surface area contributed by atoms with Crippen molar-refractivity contribution in [2.24, 2.45) is 0 Å². The van der Waals surface area contributed by atoms with Gasteiger partial charge in [0.25, 0.3) is 0 Å². The highest BCUT2D eigenvalue weighted by Gasteiger charge is 2.26. The molecule has 1 saturated heterocycles. The average Bonchev–Trinajstić information content (AvgIpc) is 2.75. The zero-order valence-electron chi connectivity index (χ0n) is 10.8. The van der Waals surface area contributed by atoms with Crippen LogP contribution in [0, 0.1) is 0 Å². The summed E-state index contributed by atoms with van der Waals surface area (Å²) in [5.41, 5.74) is 0.939. The summed E-state index contributed by atoms with van der Waals surface area (Å²) in [6.45, 7) is 2.39. The number of nitrogens with zero attached hydrogens (tertiary/aromatic N) is 1. The van der Waals surface area contributed by atoms with E-state index in [2.05, 4.69) is 20.8 Å². The number of anilines is 1. The number of hydrogen-bond donors (Lipinski definition) is 3. The van der Waals surface area contributed by atoms with Crippen molar-refractivity contribution in [1.82, 2.24) is 15.5 Å². The minimum Gasteiger partial charge on any atom is -0.311 e. The van der Waals surface area contributed by atoms with Gasteiger partial charge in [-0.3, -0.25) is 9.89 Å². The smallest absolute Gasteiger partial charge is 0.227 e. The van der Waals surface area contributed by atoms with E-state index in [4.69, 9.17) is 0 Å². The van der Waals surface area contributed by atoms with Crippen LogP contribution in [-0.4, -0.2) is 48.6 Å². The molecule has 0 radical (unpaired) electrons. The zero-order valence-corrected chi connectivity index (χ0v) is 11.6. The summed E-state index contributed by atoms with van der Waals surface area (Å²) in [7, 11) is -3.01. The van der Waals surface area contributed by atoms with Crippen molar-refractivity contribution in [3.8, 4) is 0 Å². The Kier molecular flexibility index (Phi) is 4.20. The molecular formula is C11H18N4O3S. The Hall–Kier alpha value is -1.41. The number of carbonyl (C=O) groups excluding carboxylic acids is 1. The van der Waals surface area contributed by atoms with E-state index >= 15 is 0 Å². The summed E-state index contributed by atoms with van der Waals surface area (Å²) in [6.07, 6.45) is 0.943. The fourth-order valence-electron chi connectivity index (χ4n) is 2.02. The maximum atomic E-state index is 11.8. The normalized spacial score (nSPS) is 22.1. The Morgan fingerprint density at radius 2 is 2.37 bits per heavy atom. The molecule has 0 spiro atoms. The van der Waals surface area contributed by atoms with E-state index in [9.17, 15) is 13.2 Å². The first kappa shape index (κ1) is 14.0. The summed E-state index contributed by atoms with van der Waals surface area (Å²) >= 11 is 0. The fourth-order valence-corrected chi connectivity index (χ4v) is 3.47. The van der Waals surface area contributed by atoms with Crippen molar-refractivity contribution < 1.29 is 13.2 Å². The van der Waals surface area contributed by atoms with Crippen molar-refractivity contribution in [2.75, 3.05) is 23.4 Å². The summed E-state index contributed by atoms with van der Waals surface area (Å²) in [5.74, 6) is 0.398. The molecule has 1 fully saturated rings. The number of aromatic amines is 1. The highest BCUT2D eigenvalue weighted by atomic mass is 32.2. The van der Waals surface area contributed by atoms with Crippen LogP contribution in [0.3, 0.4) is 0 Å². The largest absolute Gasteiger partial charge is 0.311 e. The van der Waals surface area contributed by atoms with E-state index in [1.807, 2.05) is 6.92 Å². The van der Waals surface area contributed by atoms with Crippen LogP contribution in [0.25, 0.3) is 0 Å². The SMILES string of the molecule is CCc1cc(NC(=O)CC2CS(=O)(=O)CCN2)n[nH]1. The number of nitrogens with one attached hydrogen (secondary N) is 3. The molecule has 2 heterocycles. The lowest BCUT2D eigenvalue weighted by molar-refractivity contribution is -0.116. The highest BCUT2D eigenvalue weighted by Crippen LogP contribution is 2.09. The van der Waals surface area contributed by atoms with Gasteiger partial charge >= 0.3 is 0 Å². The van der Waals surface area contributed by atoms with Crippen molar-refractivity contribution >= 4 is 21.6 Å². The van der Waals surface area contributed by atoms with E-state index in [0.717, 1.165) is 12.1 Å². The number of sulfone groups is 1. The van der Waals surface area contributed by atoms with Crippen LogP contribution in [0.4, 0.5) is 5.82 Å². The molecule has 19 heavy (non-hydrogen) atoms. The molecule has 1 atom stereocenters. The quantitative estimate of drug-likeness (QED) is 0.704. The average molecular weight is 286 g/mol. The zero-order chi connectivity index (χ0) is 13.9. The molecule has 2 rings (SSSR count). The predicted octanol–water partition coefficient (Wildman–Crippen LogP) is -0.313. The number of carbonyl (C=O) groups is 1. The number of hydrogen-bond acceptors (Lipinski definition) is 5. The van der Waals surface area contributed by atoms with Crippen LogP contribution in [0.15, 0.2) is 6.07 Å². The van der Waals surface area contributed by atoms with Crippen LogP contribution in [0.2, 0.25) is 0 Å². The molecule has 1 aliphatic heterocycles. The van der Waals surface area contributed by atoms with Crippen molar-refractivity contribution in [2.45, 2.75) is 25.8 Å². The maximum absolute atomic E-state index is 11.8. The molecule has 0 aliphatic carbocycles. The fraction of sp³-hybridized carbons (Fsp3) is 0.636. The van der Waals surface area contributed by atoms with Gasteiger partial charge in [-0.2, -0.15) is 5.10 Å². The number of H-pyrrole nitrogens is 1. The standard InChI is InChI=1S/C11H18N4O3S/c1-2-8-5-10(15-14-8)13-11(16)6-9-7-19(17,18)4-3-12-9/h5,9,12H,2-4,6-7H2,1H3,(H2,13,14,15,16). The molecule has 0 aromatic carbocycles. The summed E-state index contributed by atoms with van der Waals surface area (Å²) < 4.78 is 22.9. The second-order valence-electron chi connectivity index (χ2n) is 4.65. The van der Waals surface area contributed by atoms with Gasteiger partial charge in [0.05, 0.1) is 11.5 Å². The van der Waals surface area contributed by atoms with Gasteiger partial charge in [0.1, 0.15) is 0 Å². The van der Waals surface area contributed by atoms with Gasteiger partial charge in [0, 0.05) is 30.8 Å². The van der Waals surface area contributed by atoms with E-state index in [0.29, 0.717) is 12.4 Å². The van der Waals surface area contributed by atoms with E-state index in [-0.39, 0.29) is 29.9 Å². The topological polar surface area (TPSA) is 104 Å². The first-order valence-electron chi connectivity index (χ1n) is 6.26. The molecule has 7 nitrogen and oxygen atoms in total. The van der Waals surface area contributed by atoms with Gasteiger partial charge in [0.15, 0.2) is 15.7 Å². The summed E-state index contributed by atoms with van der Waals surface area (Å²) in [5, 5.41) is 12.4. The van der Waals surface area contributed by atoms with E-state index in [1.165, 1.54) is 0 Å². The summed E-state index contributed by atoms with van der Waals surface area (Å²) in [4.78, 5) is 11.8. The molecule has 1 unspecified atom stereocenters. The number of amides is 1. The molecule has 106 valence electrons. The van der Waals surface area contributed by atoms with Crippen molar-refractivity contribution in [3.05, 3.63) is 11.8 Å². The van der Waals surface area contributed by atoms with Gasteiger partial charge in [-0.05, 0) is 6.42 Å². The molecule has 1 aromatic heterocycles. The number of aromatic nitrogens is 2. The molecular weight excluding hydrogens is 268 g/mol.